The summed E-state index contributed by atoms with van der Waals surface area (Å²) in [5.41, 5.74) is 2.15. The van der Waals surface area contributed by atoms with Crippen LogP contribution in [0.5, 0.6) is 5.75 Å². The number of amides is 1. The number of benzene rings is 3. The van der Waals surface area contributed by atoms with Crippen molar-refractivity contribution in [1.82, 2.24) is 4.57 Å². The minimum absolute atomic E-state index is 0.106. The molecule has 0 atom stereocenters. The van der Waals surface area contributed by atoms with Gasteiger partial charge in [0, 0.05) is 34.2 Å². The molecule has 0 fully saturated rings. The molecule has 0 spiro atoms. The standard InChI is InChI=1S/C24H18F4N2O2S/c25-17-5-3-4-16(12-17)13-30-14-22(20-6-1-2-7-21(20)30)33-15-23(31)29-18-8-10-19(11-9-18)32-24(26,27)28/h1-12,14H,13,15H2,(H,29,31). The summed E-state index contributed by atoms with van der Waals surface area (Å²) >= 11 is 1.34. The molecule has 33 heavy (non-hydrogen) atoms. The van der Waals surface area contributed by atoms with E-state index in [1.807, 2.05) is 41.1 Å². The third-order valence-electron chi connectivity index (χ3n) is 4.72. The zero-order valence-corrected chi connectivity index (χ0v) is 17.9. The first kappa shape index (κ1) is 22.7. The average molecular weight is 474 g/mol. The molecule has 0 aliphatic carbocycles. The third-order valence-corrected chi connectivity index (χ3v) is 5.77. The Morgan fingerprint density at radius 2 is 1.76 bits per heavy atom. The number of carbonyl (C=O) groups is 1. The van der Waals surface area contributed by atoms with Crippen molar-refractivity contribution >= 4 is 34.3 Å². The number of hydrogen-bond acceptors (Lipinski definition) is 3. The number of nitrogens with zero attached hydrogens (tertiary/aromatic N) is 1. The fraction of sp³-hybridized carbons (Fsp3) is 0.125. The van der Waals surface area contributed by atoms with Gasteiger partial charge < -0.3 is 14.6 Å². The highest BCUT2D eigenvalue weighted by atomic mass is 32.2. The molecule has 3 aromatic carbocycles. The van der Waals surface area contributed by atoms with Crippen LogP contribution in [0.3, 0.4) is 0 Å². The second-order valence-electron chi connectivity index (χ2n) is 7.18. The number of rotatable bonds is 7. The van der Waals surface area contributed by atoms with E-state index in [4.69, 9.17) is 0 Å². The quantitative estimate of drug-likeness (QED) is 0.247. The highest BCUT2D eigenvalue weighted by Crippen LogP contribution is 2.31. The molecule has 1 heterocycles. The fourth-order valence-corrected chi connectivity index (χ4v) is 4.26. The van der Waals surface area contributed by atoms with Gasteiger partial charge in [-0.1, -0.05) is 30.3 Å². The number of nitrogens with one attached hydrogen (secondary N) is 1. The summed E-state index contributed by atoms with van der Waals surface area (Å²) in [6.07, 6.45) is -2.84. The second kappa shape index (κ2) is 9.58. The van der Waals surface area contributed by atoms with Gasteiger partial charge in [-0.2, -0.15) is 0 Å². The predicted molar refractivity (Wildman–Crippen MR) is 120 cm³/mol. The minimum atomic E-state index is -4.77. The number of carbonyl (C=O) groups excluding carboxylic acids is 1. The van der Waals surface area contributed by atoms with Crippen molar-refractivity contribution in [3.05, 3.63) is 90.4 Å². The van der Waals surface area contributed by atoms with Crippen LogP contribution >= 0.6 is 11.8 Å². The Balaban J connectivity index is 1.42. The molecule has 4 nitrogen and oxygen atoms in total. The largest absolute Gasteiger partial charge is 0.573 e. The van der Waals surface area contributed by atoms with Crippen LogP contribution in [0, 0.1) is 5.82 Å². The van der Waals surface area contributed by atoms with Gasteiger partial charge in [-0.15, -0.1) is 24.9 Å². The topological polar surface area (TPSA) is 43.3 Å². The molecule has 0 saturated carbocycles. The molecule has 1 amide bonds. The lowest BCUT2D eigenvalue weighted by Crippen LogP contribution is -2.17. The number of fused-ring (bicyclic) bond motifs is 1. The maximum Gasteiger partial charge on any atom is 0.573 e. The Morgan fingerprint density at radius 3 is 2.48 bits per heavy atom. The Kier molecular flexibility index (Phi) is 6.60. The lowest BCUT2D eigenvalue weighted by atomic mass is 10.2. The van der Waals surface area contributed by atoms with E-state index < -0.39 is 6.36 Å². The molecule has 170 valence electrons. The average Bonchev–Trinajstić information content (AvgIpc) is 3.10. The lowest BCUT2D eigenvalue weighted by Gasteiger charge is -2.10. The minimum Gasteiger partial charge on any atom is -0.406 e. The molecule has 1 N–H and O–H groups in total. The van der Waals surface area contributed by atoms with Crippen LogP contribution in [0.1, 0.15) is 5.56 Å². The molecule has 0 unspecified atom stereocenters. The SMILES string of the molecule is O=C(CSc1cn(Cc2cccc(F)c2)c2ccccc12)Nc1ccc(OC(F)(F)F)cc1. The summed E-state index contributed by atoms with van der Waals surface area (Å²) in [6.45, 7) is 0.484. The molecule has 0 saturated heterocycles. The number of para-hydroxylation sites is 1. The zero-order chi connectivity index (χ0) is 23.4. The number of aromatic nitrogens is 1. The van der Waals surface area contributed by atoms with Gasteiger partial charge in [0.25, 0.3) is 0 Å². The van der Waals surface area contributed by atoms with Crippen molar-refractivity contribution in [2.24, 2.45) is 0 Å². The summed E-state index contributed by atoms with van der Waals surface area (Å²) in [5, 5.41) is 3.63. The van der Waals surface area contributed by atoms with Gasteiger partial charge in [0.15, 0.2) is 0 Å². The fourth-order valence-electron chi connectivity index (χ4n) is 3.37. The normalized spacial score (nSPS) is 11.5. The van der Waals surface area contributed by atoms with Crippen molar-refractivity contribution in [3.63, 3.8) is 0 Å². The van der Waals surface area contributed by atoms with Gasteiger partial charge in [0.05, 0.1) is 5.75 Å². The first-order chi connectivity index (χ1) is 15.8. The van der Waals surface area contributed by atoms with Crippen molar-refractivity contribution in [3.8, 4) is 5.75 Å². The van der Waals surface area contributed by atoms with E-state index in [0.717, 1.165) is 33.5 Å². The van der Waals surface area contributed by atoms with Crippen molar-refractivity contribution in [2.75, 3.05) is 11.1 Å². The summed E-state index contributed by atoms with van der Waals surface area (Å²) < 4.78 is 56.1. The van der Waals surface area contributed by atoms with E-state index in [-0.39, 0.29) is 23.2 Å². The number of thioether (sulfide) groups is 1. The maximum absolute atomic E-state index is 13.6. The summed E-state index contributed by atoms with van der Waals surface area (Å²) in [4.78, 5) is 13.3. The maximum atomic E-state index is 13.6. The number of hydrogen-bond donors (Lipinski definition) is 1. The molecule has 4 rings (SSSR count). The molecule has 0 aliphatic heterocycles. The van der Waals surface area contributed by atoms with Crippen molar-refractivity contribution in [2.45, 2.75) is 17.8 Å². The number of anilines is 1. The van der Waals surface area contributed by atoms with Crippen molar-refractivity contribution < 1.29 is 27.1 Å². The summed E-state index contributed by atoms with van der Waals surface area (Å²) in [5.74, 6) is -0.852. The predicted octanol–water partition coefficient (Wildman–Crippen LogP) is 6.46. The first-order valence-electron chi connectivity index (χ1n) is 9.88. The molecule has 0 radical (unpaired) electrons. The van der Waals surface area contributed by atoms with E-state index in [2.05, 4.69) is 10.1 Å². The molecular formula is C24H18F4N2O2S. The van der Waals surface area contributed by atoms with Gasteiger partial charge in [-0.25, -0.2) is 4.39 Å². The van der Waals surface area contributed by atoms with Crippen LogP contribution in [-0.4, -0.2) is 22.6 Å². The van der Waals surface area contributed by atoms with Crippen LogP contribution in [0.25, 0.3) is 10.9 Å². The first-order valence-corrected chi connectivity index (χ1v) is 10.9. The number of halogens is 4. The van der Waals surface area contributed by atoms with Crippen molar-refractivity contribution in [1.29, 1.82) is 0 Å². The Bertz CT molecular complexity index is 1270. The molecular weight excluding hydrogens is 456 g/mol. The van der Waals surface area contributed by atoms with E-state index in [1.165, 1.54) is 36.0 Å². The zero-order valence-electron chi connectivity index (χ0n) is 17.1. The Labute approximate surface area is 191 Å². The van der Waals surface area contributed by atoms with Gasteiger partial charge in [-0.05, 0) is 48.0 Å². The molecule has 0 aliphatic rings. The van der Waals surface area contributed by atoms with Crippen LogP contribution in [-0.2, 0) is 11.3 Å². The second-order valence-corrected chi connectivity index (χ2v) is 8.19. The monoisotopic (exact) mass is 474 g/mol. The van der Waals surface area contributed by atoms with Gasteiger partial charge in [0.1, 0.15) is 11.6 Å². The van der Waals surface area contributed by atoms with E-state index in [1.54, 1.807) is 6.07 Å². The van der Waals surface area contributed by atoms with E-state index >= 15 is 0 Å². The molecule has 1 aromatic heterocycles. The lowest BCUT2D eigenvalue weighted by molar-refractivity contribution is -0.274. The Hall–Kier alpha value is -3.46. The molecule has 0 bridgehead atoms. The smallest absolute Gasteiger partial charge is 0.406 e. The Morgan fingerprint density at radius 1 is 1.00 bits per heavy atom. The number of alkyl halides is 3. The highest BCUT2D eigenvalue weighted by molar-refractivity contribution is 8.00. The van der Waals surface area contributed by atoms with E-state index in [0.29, 0.717) is 12.2 Å². The molecule has 9 heteroatoms. The van der Waals surface area contributed by atoms with Crippen LogP contribution in [0.2, 0.25) is 0 Å². The van der Waals surface area contributed by atoms with Gasteiger partial charge in [-0.3, -0.25) is 4.79 Å². The highest BCUT2D eigenvalue weighted by Gasteiger charge is 2.30. The summed E-state index contributed by atoms with van der Waals surface area (Å²) in [6, 6.07) is 19.1. The number of ether oxygens (including phenoxy) is 1. The molecule has 4 aromatic rings. The van der Waals surface area contributed by atoms with Gasteiger partial charge in [0.2, 0.25) is 5.91 Å². The summed E-state index contributed by atoms with van der Waals surface area (Å²) in [7, 11) is 0. The van der Waals surface area contributed by atoms with Crippen LogP contribution in [0.15, 0.2) is 83.9 Å². The third kappa shape index (κ3) is 6.07. The van der Waals surface area contributed by atoms with Crippen LogP contribution < -0.4 is 10.1 Å². The van der Waals surface area contributed by atoms with Gasteiger partial charge >= 0.3 is 6.36 Å². The van der Waals surface area contributed by atoms with E-state index in [9.17, 15) is 22.4 Å². The van der Waals surface area contributed by atoms with Crippen LogP contribution in [0.4, 0.5) is 23.2 Å².